The summed E-state index contributed by atoms with van der Waals surface area (Å²) in [7, 11) is 2.39. The molecule has 4 fully saturated rings. The molecule has 0 amide bonds. The van der Waals surface area contributed by atoms with Gasteiger partial charge in [0.15, 0.2) is 0 Å². The molecule has 2 aliphatic carbocycles. The summed E-state index contributed by atoms with van der Waals surface area (Å²) >= 11 is 0. The fraction of sp³-hybridized carbons (Fsp3) is 1.00. The Morgan fingerprint density at radius 2 is 1.55 bits per heavy atom. The Balaban J connectivity index is 1.13. The number of likely N-dealkylation sites (tertiary alicyclic amines) is 2. The Hall–Kier alpha value is -0.120. The average molecular weight is 306 g/mol. The number of rotatable bonds is 5. The molecule has 1 spiro atoms. The first kappa shape index (κ1) is 15.4. The second kappa shape index (κ2) is 6.07. The number of piperidine rings is 1. The maximum Gasteiger partial charge on any atom is 0.0110 e. The molecule has 0 aromatic heterocycles. The van der Waals surface area contributed by atoms with Gasteiger partial charge in [0.05, 0.1) is 0 Å². The molecule has 0 aromatic carbocycles. The van der Waals surface area contributed by atoms with Gasteiger partial charge < -0.3 is 14.7 Å². The molecular formula is C19H35N3. The minimum absolute atomic E-state index is 0.732. The molecule has 0 radical (unpaired) electrons. The van der Waals surface area contributed by atoms with Gasteiger partial charge in [-0.05, 0) is 70.0 Å². The van der Waals surface area contributed by atoms with Crippen molar-refractivity contribution in [2.45, 2.75) is 64.0 Å². The molecule has 0 aromatic rings. The van der Waals surface area contributed by atoms with E-state index < -0.39 is 0 Å². The van der Waals surface area contributed by atoms with Crippen molar-refractivity contribution in [1.29, 1.82) is 0 Å². The molecule has 4 aliphatic rings. The van der Waals surface area contributed by atoms with E-state index in [1.54, 1.807) is 0 Å². The van der Waals surface area contributed by atoms with Crippen molar-refractivity contribution in [1.82, 2.24) is 14.7 Å². The number of nitrogens with zero attached hydrogens (tertiary/aromatic N) is 3. The zero-order valence-corrected chi connectivity index (χ0v) is 14.8. The molecule has 0 N–H and O–H groups in total. The van der Waals surface area contributed by atoms with Crippen LogP contribution in [0.1, 0.15) is 51.9 Å². The molecule has 2 aliphatic heterocycles. The summed E-state index contributed by atoms with van der Waals surface area (Å²) in [6, 6.07) is 1.81. The largest absolute Gasteiger partial charge is 0.302 e. The standard InChI is InChI=1S/C19H35N3/c1-16-10-17(11-16)20(2)18-12-19(13-18)14-22(15-19)9-8-21-6-4-3-5-7-21/h16-18H,3-15H2,1-2H3. The van der Waals surface area contributed by atoms with E-state index in [1.165, 1.54) is 84.2 Å². The van der Waals surface area contributed by atoms with E-state index in [4.69, 9.17) is 0 Å². The van der Waals surface area contributed by atoms with E-state index in [1.807, 2.05) is 0 Å². The smallest absolute Gasteiger partial charge is 0.0110 e. The predicted molar refractivity (Wildman–Crippen MR) is 92.1 cm³/mol. The van der Waals surface area contributed by atoms with Crippen LogP contribution in [0.2, 0.25) is 0 Å². The van der Waals surface area contributed by atoms with E-state index in [-0.39, 0.29) is 0 Å². The van der Waals surface area contributed by atoms with Crippen LogP contribution in [-0.4, -0.2) is 73.1 Å². The summed E-state index contributed by atoms with van der Waals surface area (Å²) < 4.78 is 0. The van der Waals surface area contributed by atoms with Crippen LogP contribution in [0.4, 0.5) is 0 Å². The van der Waals surface area contributed by atoms with E-state index >= 15 is 0 Å². The molecule has 2 saturated heterocycles. The first-order valence-electron chi connectivity index (χ1n) is 9.80. The number of hydrogen-bond acceptors (Lipinski definition) is 3. The third-order valence-corrected chi connectivity index (χ3v) is 7.14. The van der Waals surface area contributed by atoms with Crippen LogP contribution in [0.15, 0.2) is 0 Å². The van der Waals surface area contributed by atoms with Crippen molar-refractivity contribution in [2.75, 3.05) is 46.3 Å². The molecule has 3 heteroatoms. The molecule has 22 heavy (non-hydrogen) atoms. The highest BCUT2D eigenvalue weighted by Gasteiger charge is 2.54. The molecule has 0 atom stereocenters. The lowest BCUT2D eigenvalue weighted by molar-refractivity contribution is -0.120. The SMILES string of the molecule is CC1CC(N(C)C2CC3(C2)CN(CCN2CCCCC2)C3)C1. The molecule has 0 unspecified atom stereocenters. The normalized spacial score (nSPS) is 36.1. The monoisotopic (exact) mass is 305 g/mol. The highest BCUT2D eigenvalue weighted by molar-refractivity contribution is 5.08. The van der Waals surface area contributed by atoms with Crippen LogP contribution in [0.5, 0.6) is 0 Å². The minimum Gasteiger partial charge on any atom is -0.302 e. The van der Waals surface area contributed by atoms with Gasteiger partial charge in [0.1, 0.15) is 0 Å². The van der Waals surface area contributed by atoms with Crippen molar-refractivity contribution >= 4 is 0 Å². The van der Waals surface area contributed by atoms with Crippen LogP contribution >= 0.6 is 0 Å². The lowest BCUT2D eigenvalue weighted by atomic mass is 9.59. The Morgan fingerprint density at radius 3 is 2.18 bits per heavy atom. The minimum atomic E-state index is 0.732. The molecule has 3 nitrogen and oxygen atoms in total. The van der Waals surface area contributed by atoms with Crippen LogP contribution in [0.25, 0.3) is 0 Å². The first-order valence-corrected chi connectivity index (χ1v) is 9.80. The molecule has 2 heterocycles. The predicted octanol–water partition coefficient (Wildman–Crippen LogP) is 2.67. The second-order valence-electron chi connectivity index (χ2n) is 9.07. The maximum absolute atomic E-state index is 2.72. The van der Waals surface area contributed by atoms with Crippen LogP contribution in [0, 0.1) is 11.3 Å². The summed E-state index contributed by atoms with van der Waals surface area (Å²) in [5, 5.41) is 0. The fourth-order valence-corrected chi connectivity index (χ4v) is 5.50. The van der Waals surface area contributed by atoms with Crippen LogP contribution < -0.4 is 0 Å². The molecule has 0 bridgehead atoms. The zero-order valence-electron chi connectivity index (χ0n) is 14.8. The van der Waals surface area contributed by atoms with Gasteiger partial charge in [0.2, 0.25) is 0 Å². The second-order valence-corrected chi connectivity index (χ2v) is 9.07. The van der Waals surface area contributed by atoms with Crippen molar-refractivity contribution in [2.24, 2.45) is 11.3 Å². The van der Waals surface area contributed by atoms with Crippen molar-refractivity contribution in [3.05, 3.63) is 0 Å². The summed E-state index contributed by atoms with van der Waals surface area (Å²) in [5.74, 6) is 0.982. The fourth-order valence-electron chi connectivity index (χ4n) is 5.50. The summed E-state index contributed by atoms with van der Waals surface area (Å²) in [4.78, 5) is 8.13. The highest BCUT2D eigenvalue weighted by atomic mass is 15.3. The lowest BCUT2D eigenvalue weighted by Gasteiger charge is -2.62. The van der Waals surface area contributed by atoms with E-state index in [0.29, 0.717) is 0 Å². The van der Waals surface area contributed by atoms with Gasteiger partial charge in [-0.3, -0.25) is 0 Å². The topological polar surface area (TPSA) is 9.72 Å². The summed E-state index contributed by atoms with van der Waals surface area (Å²) in [6.07, 6.45) is 10.2. The molecule has 126 valence electrons. The third kappa shape index (κ3) is 2.97. The Labute approximate surface area is 137 Å². The van der Waals surface area contributed by atoms with Gasteiger partial charge in [0, 0.05) is 38.3 Å². The van der Waals surface area contributed by atoms with Gasteiger partial charge in [-0.15, -0.1) is 0 Å². The van der Waals surface area contributed by atoms with Gasteiger partial charge in [-0.25, -0.2) is 0 Å². The van der Waals surface area contributed by atoms with Gasteiger partial charge in [-0.1, -0.05) is 13.3 Å². The molecule has 2 saturated carbocycles. The molecular weight excluding hydrogens is 270 g/mol. The van der Waals surface area contributed by atoms with Crippen LogP contribution in [0.3, 0.4) is 0 Å². The first-order chi connectivity index (χ1) is 10.6. The lowest BCUT2D eigenvalue weighted by Crippen LogP contribution is -2.67. The maximum atomic E-state index is 2.72. The summed E-state index contributed by atoms with van der Waals surface area (Å²) in [5.41, 5.74) is 0.732. The third-order valence-electron chi connectivity index (χ3n) is 7.14. The average Bonchev–Trinajstić information content (AvgIpc) is 2.41. The van der Waals surface area contributed by atoms with Crippen molar-refractivity contribution in [3.63, 3.8) is 0 Å². The summed E-state index contributed by atoms with van der Waals surface area (Å²) in [6.45, 7) is 10.5. The highest BCUT2D eigenvalue weighted by Crippen LogP contribution is 2.51. The quantitative estimate of drug-likeness (QED) is 0.773. The van der Waals surface area contributed by atoms with Gasteiger partial charge in [0.25, 0.3) is 0 Å². The van der Waals surface area contributed by atoms with E-state index in [9.17, 15) is 0 Å². The van der Waals surface area contributed by atoms with Gasteiger partial charge >= 0.3 is 0 Å². The Morgan fingerprint density at radius 1 is 0.909 bits per heavy atom. The van der Waals surface area contributed by atoms with Crippen LogP contribution in [-0.2, 0) is 0 Å². The van der Waals surface area contributed by atoms with E-state index in [2.05, 4.69) is 28.7 Å². The Bertz CT molecular complexity index is 370. The zero-order chi connectivity index (χ0) is 15.2. The van der Waals surface area contributed by atoms with Crippen molar-refractivity contribution < 1.29 is 0 Å². The number of hydrogen-bond donors (Lipinski definition) is 0. The van der Waals surface area contributed by atoms with E-state index in [0.717, 1.165) is 23.4 Å². The molecule has 4 rings (SSSR count). The van der Waals surface area contributed by atoms with Gasteiger partial charge in [-0.2, -0.15) is 0 Å². The van der Waals surface area contributed by atoms with Crippen molar-refractivity contribution in [3.8, 4) is 0 Å². The Kier molecular flexibility index (Phi) is 4.25.